The molecule has 3 aromatic rings. The van der Waals surface area contributed by atoms with Crippen molar-refractivity contribution in [3.8, 4) is 11.6 Å². The molecule has 0 spiro atoms. The van der Waals surface area contributed by atoms with Crippen LogP contribution in [0.5, 0.6) is 5.88 Å². The number of benzene rings is 2. The highest BCUT2D eigenvalue weighted by molar-refractivity contribution is 7.99. The van der Waals surface area contributed by atoms with Crippen molar-refractivity contribution < 1.29 is 48.0 Å². The van der Waals surface area contributed by atoms with Crippen molar-refractivity contribution in [2.75, 3.05) is 6.61 Å². The lowest BCUT2D eigenvalue weighted by molar-refractivity contribution is -0.237. The average Bonchev–Trinajstić information content (AvgIpc) is 3.55. The molecule has 5 atom stereocenters. The van der Waals surface area contributed by atoms with Gasteiger partial charge in [-0.2, -0.15) is 0 Å². The summed E-state index contributed by atoms with van der Waals surface area (Å²) in [5, 5.41) is 11.7. The molecule has 13 nitrogen and oxygen atoms in total. The normalized spacial score (nSPS) is 22.6. The van der Waals surface area contributed by atoms with Crippen molar-refractivity contribution in [2.24, 2.45) is 4.99 Å². The van der Waals surface area contributed by atoms with Gasteiger partial charge in [0, 0.05) is 45.0 Å². The quantitative estimate of drug-likeness (QED) is 0.262. The first kappa shape index (κ1) is 32.4. The summed E-state index contributed by atoms with van der Waals surface area (Å²) >= 11 is 0.962. The molecular formula is C32H31N3O10S. The van der Waals surface area contributed by atoms with Gasteiger partial charge in [-0.1, -0.05) is 48.2 Å². The Morgan fingerprint density at radius 1 is 0.870 bits per heavy atom. The highest BCUT2D eigenvalue weighted by Crippen LogP contribution is 2.41. The number of aromatic hydroxyl groups is 1. The second kappa shape index (κ2) is 14.0. The molecule has 1 saturated heterocycles. The number of allylic oxidation sites excluding steroid dienone is 1. The van der Waals surface area contributed by atoms with Crippen LogP contribution in [0.3, 0.4) is 0 Å². The fourth-order valence-electron chi connectivity index (χ4n) is 5.08. The molecule has 2 aliphatic rings. The van der Waals surface area contributed by atoms with Crippen molar-refractivity contribution in [3.63, 3.8) is 0 Å². The molecular weight excluding hydrogens is 618 g/mol. The van der Waals surface area contributed by atoms with E-state index < -0.39 is 53.7 Å². The van der Waals surface area contributed by atoms with E-state index in [2.05, 4.69) is 4.99 Å². The summed E-state index contributed by atoms with van der Waals surface area (Å²) in [6.07, 6.45) is -1.73. The van der Waals surface area contributed by atoms with Crippen LogP contribution in [0.15, 0.2) is 64.7 Å². The van der Waals surface area contributed by atoms with Crippen molar-refractivity contribution >= 4 is 59.2 Å². The lowest BCUT2D eigenvalue weighted by Gasteiger charge is -2.44. The summed E-state index contributed by atoms with van der Waals surface area (Å²) in [4.78, 5) is 57.5. The third-order valence-electron chi connectivity index (χ3n) is 6.88. The number of nitrogens with zero attached hydrogens (tertiary/aromatic N) is 3. The summed E-state index contributed by atoms with van der Waals surface area (Å²) in [5.41, 5.74) is 2.00. The number of hydrogen-bond acceptors (Lipinski definition) is 13. The molecule has 2 aromatic carbocycles. The average molecular weight is 650 g/mol. The number of imidazole rings is 1. The Bertz CT molecular complexity index is 1700. The number of ether oxygens (including phenoxy) is 5. The van der Waals surface area contributed by atoms with Crippen LogP contribution in [0.1, 0.15) is 39.0 Å². The van der Waals surface area contributed by atoms with Crippen LogP contribution in [0.25, 0.3) is 17.3 Å². The lowest BCUT2D eigenvalue weighted by atomic mass is 9.99. The highest BCUT2D eigenvalue weighted by Gasteiger charge is 2.53. The van der Waals surface area contributed by atoms with Gasteiger partial charge in [0.05, 0.1) is 11.4 Å². The largest absolute Gasteiger partial charge is 0.493 e. The van der Waals surface area contributed by atoms with Crippen LogP contribution in [0, 0.1) is 0 Å². The van der Waals surface area contributed by atoms with Crippen molar-refractivity contribution in [3.05, 3.63) is 65.9 Å². The molecule has 46 heavy (non-hydrogen) atoms. The third kappa shape index (κ3) is 7.29. The van der Waals surface area contributed by atoms with Crippen LogP contribution in [-0.2, 0) is 42.9 Å². The second-order valence-electron chi connectivity index (χ2n) is 10.3. The summed E-state index contributed by atoms with van der Waals surface area (Å²) in [6.45, 7) is 4.30. The minimum Gasteiger partial charge on any atom is -0.493 e. The molecule has 0 unspecified atom stereocenters. The maximum absolute atomic E-state index is 12.3. The maximum atomic E-state index is 12.3. The number of carbonyl (C=O) groups is 4. The first-order valence-corrected chi connectivity index (χ1v) is 15.1. The van der Waals surface area contributed by atoms with E-state index in [0.717, 1.165) is 42.4 Å². The molecule has 0 aliphatic carbocycles. The summed E-state index contributed by atoms with van der Waals surface area (Å²) in [5.74, 6) is -3.02. The van der Waals surface area contributed by atoms with Gasteiger partial charge in [0.2, 0.25) is 5.88 Å². The molecule has 2 aliphatic heterocycles. The first-order chi connectivity index (χ1) is 22.0. The second-order valence-corrected chi connectivity index (χ2v) is 11.4. The molecule has 240 valence electrons. The number of aliphatic imine (C=N–C) groups is 1. The monoisotopic (exact) mass is 649 g/mol. The summed E-state index contributed by atoms with van der Waals surface area (Å²) < 4.78 is 29.6. The van der Waals surface area contributed by atoms with Gasteiger partial charge in [-0.3, -0.25) is 28.7 Å². The van der Waals surface area contributed by atoms with Crippen molar-refractivity contribution in [1.29, 1.82) is 0 Å². The number of carbonyl (C=O) groups excluding carboxylic acids is 4. The van der Waals surface area contributed by atoms with E-state index in [1.807, 2.05) is 30.3 Å². The molecule has 0 radical (unpaired) electrons. The van der Waals surface area contributed by atoms with Gasteiger partial charge >= 0.3 is 23.9 Å². The highest BCUT2D eigenvalue weighted by atomic mass is 32.2. The Hall–Kier alpha value is -4.95. The van der Waals surface area contributed by atoms with Gasteiger partial charge in [-0.05, 0) is 24.3 Å². The molecule has 1 aromatic heterocycles. The van der Waals surface area contributed by atoms with E-state index in [4.69, 9.17) is 28.7 Å². The number of para-hydroxylation sites is 2. The molecule has 0 saturated carbocycles. The van der Waals surface area contributed by atoms with E-state index >= 15 is 0 Å². The van der Waals surface area contributed by atoms with E-state index in [9.17, 15) is 24.3 Å². The number of esters is 4. The maximum Gasteiger partial charge on any atom is 0.303 e. The molecule has 3 heterocycles. The smallest absolute Gasteiger partial charge is 0.303 e. The Kier molecular flexibility index (Phi) is 9.87. The fourth-order valence-corrected chi connectivity index (χ4v) is 6.28. The summed E-state index contributed by atoms with van der Waals surface area (Å²) in [7, 11) is 0. The SMILES string of the molecule is CC(=O)OC[C@H]1O[C@@H](Sc2nc(C=C3C=Nc4ccccc43)c(O)n2-c2ccccc2)[C@H](OC(C)=O)[C@@H](OC(C)=O)[C@@H]1OC(C)=O. The van der Waals surface area contributed by atoms with Gasteiger partial charge in [0.15, 0.2) is 28.9 Å². The van der Waals surface area contributed by atoms with Crippen LogP contribution < -0.4 is 0 Å². The fraction of sp³-hybridized carbons (Fsp3) is 0.312. The molecule has 5 rings (SSSR count). The van der Waals surface area contributed by atoms with Crippen LogP contribution in [-0.4, -0.2) is 81.2 Å². The van der Waals surface area contributed by atoms with E-state index in [1.54, 1.807) is 36.6 Å². The first-order valence-electron chi connectivity index (χ1n) is 14.2. The van der Waals surface area contributed by atoms with Crippen molar-refractivity contribution in [2.45, 2.75) is 62.7 Å². The van der Waals surface area contributed by atoms with Gasteiger partial charge in [0.25, 0.3) is 0 Å². The Morgan fingerprint density at radius 3 is 2.17 bits per heavy atom. The number of fused-ring (bicyclic) bond motifs is 1. The molecule has 0 amide bonds. The minimum atomic E-state index is -1.35. The molecule has 0 bridgehead atoms. The lowest BCUT2D eigenvalue weighted by Crippen LogP contribution is -2.61. The zero-order valence-electron chi connectivity index (χ0n) is 25.3. The number of aromatic nitrogens is 2. The number of hydrogen-bond donors (Lipinski definition) is 1. The van der Waals surface area contributed by atoms with Crippen molar-refractivity contribution in [1.82, 2.24) is 9.55 Å². The third-order valence-corrected chi connectivity index (χ3v) is 7.98. The number of rotatable bonds is 9. The van der Waals surface area contributed by atoms with Gasteiger partial charge in [-0.15, -0.1) is 0 Å². The Labute approximate surface area is 268 Å². The molecule has 14 heteroatoms. The zero-order valence-corrected chi connectivity index (χ0v) is 26.1. The standard InChI is InChI=1S/C32H31N3O10S/c1-17(36)41-16-26-27(42-18(2)37)28(43-19(3)38)29(44-20(4)39)31(45-26)46-32-34-25(30(40)35(32)22-10-6-5-7-11-22)14-21-15-33-24-13-9-8-12-23(21)24/h5-15,26-29,31,40H,16H2,1-4H3/t26-,27-,28+,29-,31+/m1/s1. The Balaban J connectivity index is 1.60. The minimum absolute atomic E-state index is 0.190. The van der Waals surface area contributed by atoms with Gasteiger partial charge < -0.3 is 28.8 Å². The Morgan fingerprint density at radius 2 is 1.50 bits per heavy atom. The van der Waals surface area contributed by atoms with Crippen LogP contribution in [0.2, 0.25) is 0 Å². The summed E-state index contributed by atoms with van der Waals surface area (Å²) in [6, 6.07) is 16.5. The van der Waals surface area contributed by atoms with E-state index in [1.165, 1.54) is 18.4 Å². The zero-order chi connectivity index (χ0) is 33.0. The van der Waals surface area contributed by atoms with Crippen LogP contribution >= 0.6 is 11.8 Å². The predicted molar refractivity (Wildman–Crippen MR) is 166 cm³/mol. The molecule has 1 N–H and O–H groups in total. The van der Waals surface area contributed by atoms with Gasteiger partial charge in [0.1, 0.15) is 18.4 Å². The molecule has 1 fully saturated rings. The van der Waals surface area contributed by atoms with E-state index in [0.29, 0.717) is 5.69 Å². The van der Waals surface area contributed by atoms with Crippen LogP contribution in [0.4, 0.5) is 5.69 Å². The number of thioether (sulfide) groups is 1. The van der Waals surface area contributed by atoms with E-state index in [-0.39, 0.29) is 23.3 Å². The van der Waals surface area contributed by atoms with Gasteiger partial charge in [-0.25, -0.2) is 4.98 Å². The predicted octanol–water partition coefficient (Wildman–Crippen LogP) is 4.01. The topological polar surface area (TPSA) is 165 Å².